The van der Waals surface area contributed by atoms with Crippen LogP contribution in [0.2, 0.25) is 5.02 Å². The van der Waals surface area contributed by atoms with Gasteiger partial charge in [-0.1, -0.05) is 17.7 Å². The Kier molecular flexibility index (Phi) is 4.78. The minimum atomic E-state index is -0.166. The number of nitrogens with zero attached hydrogens (tertiary/aromatic N) is 6. The average molecular weight is 434 g/mol. The Balaban J connectivity index is 1.67. The van der Waals surface area contributed by atoms with Crippen LogP contribution in [0.25, 0.3) is 28.2 Å². The summed E-state index contributed by atoms with van der Waals surface area (Å²) in [6, 6.07) is 7.66. The van der Waals surface area contributed by atoms with Crippen LogP contribution >= 0.6 is 11.6 Å². The zero-order chi connectivity index (χ0) is 21.5. The first kappa shape index (κ1) is 19.4. The Hall–Kier alpha value is -3.52. The van der Waals surface area contributed by atoms with E-state index < -0.39 is 0 Å². The van der Waals surface area contributed by atoms with E-state index in [1.54, 1.807) is 36.1 Å². The molecule has 31 heavy (non-hydrogen) atoms. The van der Waals surface area contributed by atoms with E-state index in [0.717, 1.165) is 41.4 Å². The van der Waals surface area contributed by atoms with Crippen LogP contribution in [0.1, 0.15) is 12.6 Å². The number of hydrogen-bond donors (Lipinski definition) is 1. The molecular formula is C22H20ClN7O. The van der Waals surface area contributed by atoms with E-state index in [1.165, 1.54) is 0 Å². The van der Waals surface area contributed by atoms with Crippen molar-refractivity contribution in [2.24, 2.45) is 4.99 Å². The molecule has 3 aliphatic rings. The van der Waals surface area contributed by atoms with Crippen LogP contribution in [-0.4, -0.2) is 37.2 Å². The van der Waals surface area contributed by atoms with Crippen LogP contribution in [-0.2, 0) is 6.54 Å². The number of aromatic nitrogens is 5. The van der Waals surface area contributed by atoms with Crippen molar-refractivity contribution in [1.29, 1.82) is 0 Å². The molecule has 0 spiro atoms. The van der Waals surface area contributed by atoms with Crippen LogP contribution in [0.5, 0.6) is 0 Å². The standard InChI is InChI=1S/C22H20ClN7O/c1-3-24-22-27-12-14-10-17(20-26-7-9-30(20)19(14)28-22)16-5-4-15(11-18(16)23)29-8-6-25-13(2)21(29)31/h4-6,8,10-12,26H,3,7,9H2,1-2H3. The number of hydrogen-bond acceptors (Lipinski definition) is 6. The normalized spacial score (nSPS) is 13.5. The zero-order valence-corrected chi connectivity index (χ0v) is 17.9. The van der Waals surface area contributed by atoms with Crippen molar-refractivity contribution in [3.63, 3.8) is 0 Å². The molecule has 0 bridgehead atoms. The third-order valence-corrected chi connectivity index (χ3v) is 5.64. The number of fused-ring (bicyclic) bond motifs is 3. The zero-order valence-electron chi connectivity index (χ0n) is 17.1. The van der Waals surface area contributed by atoms with E-state index in [-0.39, 0.29) is 5.56 Å². The molecule has 1 N–H and O–H groups in total. The number of nitrogens with one attached hydrogen (secondary N) is 1. The molecule has 0 unspecified atom stereocenters. The van der Waals surface area contributed by atoms with Crippen LogP contribution in [0.4, 0.5) is 5.82 Å². The first-order valence-corrected chi connectivity index (χ1v) is 10.4. The van der Waals surface area contributed by atoms with Gasteiger partial charge in [0.2, 0.25) is 5.62 Å². The Bertz CT molecular complexity index is 1410. The number of halogens is 1. The van der Waals surface area contributed by atoms with Crippen molar-refractivity contribution in [1.82, 2.24) is 24.1 Å². The molecule has 0 aliphatic carbocycles. The predicted molar refractivity (Wildman–Crippen MR) is 120 cm³/mol. The summed E-state index contributed by atoms with van der Waals surface area (Å²) in [4.78, 5) is 29.8. The molecule has 0 fully saturated rings. The quantitative estimate of drug-likeness (QED) is 0.536. The van der Waals surface area contributed by atoms with Gasteiger partial charge in [0.05, 0.1) is 10.7 Å². The van der Waals surface area contributed by atoms with Gasteiger partial charge in [-0.3, -0.25) is 14.3 Å². The molecule has 0 amide bonds. The smallest absolute Gasteiger partial charge is 0.276 e. The topological polar surface area (TPSA) is 90.0 Å². The second-order valence-corrected chi connectivity index (χ2v) is 7.67. The SMILES string of the molecule is CCN=c1ncc2cc(-c3ccc(-n4ccnc(C)c4=O)cc3Cl)c3n(c-2n1)CCN3. The van der Waals surface area contributed by atoms with E-state index >= 15 is 0 Å². The second-order valence-electron chi connectivity index (χ2n) is 7.26. The maximum atomic E-state index is 12.4. The Morgan fingerprint density at radius 3 is 2.90 bits per heavy atom. The lowest BCUT2D eigenvalue weighted by molar-refractivity contribution is 0.776. The Labute approximate surface area is 183 Å². The van der Waals surface area contributed by atoms with Gasteiger partial charge in [-0.25, -0.2) is 9.98 Å². The number of pyridine rings is 1. The highest BCUT2D eigenvalue weighted by molar-refractivity contribution is 6.33. The highest BCUT2D eigenvalue weighted by atomic mass is 35.5. The average Bonchev–Trinajstić information content (AvgIpc) is 3.26. The van der Waals surface area contributed by atoms with E-state index in [9.17, 15) is 4.79 Å². The molecule has 0 radical (unpaired) electrons. The maximum absolute atomic E-state index is 12.4. The fourth-order valence-corrected chi connectivity index (χ4v) is 4.14. The summed E-state index contributed by atoms with van der Waals surface area (Å²) in [5.74, 6) is 1.80. The fourth-order valence-electron chi connectivity index (χ4n) is 3.87. The molecule has 1 aromatic carbocycles. The summed E-state index contributed by atoms with van der Waals surface area (Å²) >= 11 is 6.71. The summed E-state index contributed by atoms with van der Waals surface area (Å²) in [6.45, 7) is 5.89. The van der Waals surface area contributed by atoms with E-state index in [0.29, 0.717) is 28.6 Å². The second kappa shape index (κ2) is 7.63. The molecule has 5 rings (SSSR count). The van der Waals surface area contributed by atoms with Crippen molar-refractivity contribution in [2.75, 3.05) is 18.4 Å². The van der Waals surface area contributed by atoms with Gasteiger partial charge in [-0.15, -0.1) is 0 Å². The summed E-state index contributed by atoms with van der Waals surface area (Å²) in [7, 11) is 0. The summed E-state index contributed by atoms with van der Waals surface area (Å²) in [5.41, 5.74) is 4.19. The fraction of sp³-hybridized carbons (Fsp3) is 0.227. The molecule has 156 valence electrons. The minimum absolute atomic E-state index is 0.166. The molecule has 0 saturated carbocycles. The lowest BCUT2D eigenvalue weighted by atomic mass is 10.0. The van der Waals surface area contributed by atoms with Crippen molar-refractivity contribution >= 4 is 17.4 Å². The van der Waals surface area contributed by atoms with Gasteiger partial charge >= 0.3 is 0 Å². The van der Waals surface area contributed by atoms with Gasteiger partial charge in [0.1, 0.15) is 17.3 Å². The molecule has 9 heteroatoms. The summed E-state index contributed by atoms with van der Waals surface area (Å²) < 4.78 is 3.68. The number of rotatable bonds is 3. The highest BCUT2D eigenvalue weighted by Gasteiger charge is 2.23. The predicted octanol–water partition coefficient (Wildman–Crippen LogP) is 2.90. The minimum Gasteiger partial charge on any atom is -0.369 e. The molecule has 1 aromatic heterocycles. The van der Waals surface area contributed by atoms with Gasteiger partial charge in [0, 0.05) is 54.9 Å². The monoisotopic (exact) mass is 433 g/mol. The lowest BCUT2D eigenvalue weighted by Gasteiger charge is -2.18. The molecule has 4 heterocycles. The first-order valence-electron chi connectivity index (χ1n) is 10.1. The third kappa shape index (κ3) is 3.29. The van der Waals surface area contributed by atoms with E-state index in [2.05, 4.69) is 29.8 Å². The van der Waals surface area contributed by atoms with Crippen molar-refractivity contribution in [2.45, 2.75) is 20.4 Å². The van der Waals surface area contributed by atoms with E-state index in [4.69, 9.17) is 11.6 Å². The van der Waals surface area contributed by atoms with Crippen molar-refractivity contribution in [3.8, 4) is 28.2 Å². The molecule has 2 aromatic rings. The van der Waals surface area contributed by atoms with E-state index in [1.807, 2.05) is 25.1 Å². The van der Waals surface area contributed by atoms with Gasteiger partial charge < -0.3 is 9.88 Å². The van der Waals surface area contributed by atoms with Gasteiger partial charge in [0.25, 0.3) is 5.56 Å². The summed E-state index contributed by atoms with van der Waals surface area (Å²) in [5, 5.41) is 4.00. The van der Waals surface area contributed by atoms with Crippen LogP contribution in [0.3, 0.4) is 0 Å². The van der Waals surface area contributed by atoms with Crippen LogP contribution < -0.4 is 16.5 Å². The lowest BCUT2D eigenvalue weighted by Crippen LogP contribution is -2.21. The molecule has 0 atom stereocenters. The number of anilines is 1. The van der Waals surface area contributed by atoms with Crippen LogP contribution in [0, 0.1) is 6.92 Å². The summed E-state index contributed by atoms with van der Waals surface area (Å²) in [6.07, 6.45) is 5.05. The van der Waals surface area contributed by atoms with Gasteiger partial charge in [0.15, 0.2) is 0 Å². The third-order valence-electron chi connectivity index (χ3n) is 5.32. The Morgan fingerprint density at radius 2 is 2.10 bits per heavy atom. The molecule has 0 saturated heterocycles. The molecular weight excluding hydrogens is 414 g/mol. The highest BCUT2D eigenvalue weighted by Crippen LogP contribution is 2.39. The first-order chi connectivity index (χ1) is 15.1. The van der Waals surface area contributed by atoms with Gasteiger partial charge in [-0.05, 0) is 32.0 Å². The van der Waals surface area contributed by atoms with Crippen molar-refractivity contribution < 1.29 is 0 Å². The largest absolute Gasteiger partial charge is 0.369 e. The number of benzene rings is 1. The molecule has 3 aliphatic heterocycles. The Morgan fingerprint density at radius 1 is 1.23 bits per heavy atom. The maximum Gasteiger partial charge on any atom is 0.276 e. The van der Waals surface area contributed by atoms with Crippen LogP contribution in [0.15, 0.2) is 52.6 Å². The molecule has 8 nitrogen and oxygen atoms in total. The van der Waals surface area contributed by atoms with Crippen molar-refractivity contribution in [3.05, 3.63) is 69.5 Å². The number of aryl methyl sites for hydroxylation is 1. The van der Waals surface area contributed by atoms with Gasteiger partial charge in [-0.2, -0.15) is 4.98 Å².